The van der Waals surface area contributed by atoms with E-state index >= 15 is 0 Å². The summed E-state index contributed by atoms with van der Waals surface area (Å²) in [5.41, 5.74) is 5.04. The molecule has 0 radical (unpaired) electrons. The van der Waals surface area contributed by atoms with Crippen molar-refractivity contribution in [2.45, 2.75) is 64.0 Å². The number of halogens is 1. The van der Waals surface area contributed by atoms with Gasteiger partial charge in [0.15, 0.2) is 0 Å². The molecule has 3 N–H and O–H groups in total. The first-order chi connectivity index (χ1) is 8.92. The second-order valence-corrected chi connectivity index (χ2v) is 5.68. The van der Waals surface area contributed by atoms with Crippen molar-refractivity contribution in [2.24, 2.45) is 11.7 Å². The molecule has 0 heterocycles. The van der Waals surface area contributed by atoms with E-state index < -0.39 is 11.5 Å². The Morgan fingerprint density at radius 1 is 1.40 bits per heavy atom. The number of nitrogens with two attached hydrogens (primary N) is 1. The van der Waals surface area contributed by atoms with E-state index in [-0.39, 0.29) is 30.3 Å². The predicted octanol–water partition coefficient (Wildman–Crippen LogP) is 1.77. The lowest BCUT2D eigenvalue weighted by Gasteiger charge is -2.28. The van der Waals surface area contributed by atoms with Gasteiger partial charge in [-0.2, -0.15) is 0 Å². The monoisotopic (exact) mass is 306 g/mol. The first-order valence-electron chi connectivity index (χ1n) is 7.08. The van der Waals surface area contributed by atoms with E-state index in [1.807, 2.05) is 6.92 Å². The molecule has 118 valence electrons. The van der Waals surface area contributed by atoms with Gasteiger partial charge in [0.05, 0.1) is 7.11 Å². The van der Waals surface area contributed by atoms with E-state index in [1.165, 1.54) is 7.11 Å². The molecule has 1 aliphatic rings. The lowest BCUT2D eigenvalue weighted by molar-refractivity contribution is -0.150. The lowest BCUT2D eigenvalue weighted by Crippen LogP contribution is -2.53. The van der Waals surface area contributed by atoms with Gasteiger partial charge >= 0.3 is 5.97 Å². The molecule has 3 atom stereocenters. The summed E-state index contributed by atoms with van der Waals surface area (Å²) in [6.45, 7) is 3.69. The summed E-state index contributed by atoms with van der Waals surface area (Å²) < 4.78 is 4.78. The van der Waals surface area contributed by atoms with E-state index in [0.29, 0.717) is 12.8 Å². The van der Waals surface area contributed by atoms with Crippen LogP contribution >= 0.6 is 12.4 Å². The van der Waals surface area contributed by atoms with Gasteiger partial charge in [-0.1, -0.05) is 19.8 Å². The zero-order valence-electron chi connectivity index (χ0n) is 12.6. The van der Waals surface area contributed by atoms with Gasteiger partial charge in [-0.3, -0.25) is 4.79 Å². The van der Waals surface area contributed by atoms with Crippen molar-refractivity contribution in [2.75, 3.05) is 7.11 Å². The number of ether oxygens (including phenoxy) is 1. The summed E-state index contributed by atoms with van der Waals surface area (Å²) in [5.74, 6) is -0.259. The largest absolute Gasteiger partial charge is 0.467 e. The van der Waals surface area contributed by atoms with Gasteiger partial charge in [-0.15, -0.1) is 12.4 Å². The number of hydrogen-bond donors (Lipinski definition) is 2. The molecule has 0 saturated heterocycles. The van der Waals surface area contributed by atoms with Gasteiger partial charge in [-0.25, -0.2) is 4.79 Å². The molecule has 1 saturated carbocycles. The third-order valence-electron chi connectivity index (χ3n) is 3.97. The number of carbonyl (C=O) groups excluding carboxylic acids is 2. The highest BCUT2D eigenvalue weighted by molar-refractivity contribution is 5.87. The maximum absolute atomic E-state index is 12.1. The zero-order chi connectivity index (χ0) is 14.5. The Morgan fingerprint density at radius 2 is 2.05 bits per heavy atom. The Bertz CT molecular complexity index is 338. The van der Waals surface area contributed by atoms with E-state index in [9.17, 15) is 9.59 Å². The van der Waals surface area contributed by atoms with Crippen LogP contribution in [0.3, 0.4) is 0 Å². The molecule has 0 aromatic carbocycles. The van der Waals surface area contributed by atoms with Crippen molar-refractivity contribution in [3.05, 3.63) is 0 Å². The van der Waals surface area contributed by atoms with Gasteiger partial charge in [-0.05, 0) is 32.1 Å². The molecular weight excluding hydrogens is 280 g/mol. The summed E-state index contributed by atoms with van der Waals surface area (Å²) >= 11 is 0. The smallest absolute Gasteiger partial charge is 0.331 e. The fourth-order valence-electron chi connectivity index (χ4n) is 2.86. The van der Waals surface area contributed by atoms with Crippen LogP contribution in [0.4, 0.5) is 0 Å². The lowest BCUT2D eigenvalue weighted by atomic mass is 9.94. The Hall–Kier alpha value is -0.810. The quantitative estimate of drug-likeness (QED) is 0.733. The van der Waals surface area contributed by atoms with Crippen molar-refractivity contribution in [1.82, 2.24) is 5.32 Å². The molecule has 1 fully saturated rings. The molecule has 0 aliphatic heterocycles. The molecule has 0 aromatic rings. The number of esters is 1. The minimum Gasteiger partial charge on any atom is -0.467 e. The maximum Gasteiger partial charge on any atom is 0.331 e. The third-order valence-corrected chi connectivity index (χ3v) is 3.97. The number of carbonyl (C=O) groups is 2. The van der Waals surface area contributed by atoms with Gasteiger partial charge in [0.25, 0.3) is 0 Å². The minimum atomic E-state index is -0.927. The van der Waals surface area contributed by atoms with Gasteiger partial charge in [0.2, 0.25) is 5.91 Å². The van der Waals surface area contributed by atoms with Gasteiger partial charge in [0, 0.05) is 12.5 Å². The number of nitrogens with one attached hydrogen (secondary N) is 1. The normalized spacial score (nSPS) is 24.4. The highest BCUT2D eigenvalue weighted by Crippen LogP contribution is 2.27. The van der Waals surface area contributed by atoms with E-state index in [4.69, 9.17) is 10.5 Å². The van der Waals surface area contributed by atoms with Crippen LogP contribution in [0.15, 0.2) is 0 Å². The summed E-state index contributed by atoms with van der Waals surface area (Å²) in [6.07, 6.45) is 4.84. The van der Waals surface area contributed by atoms with Crippen LogP contribution in [0.2, 0.25) is 0 Å². The summed E-state index contributed by atoms with van der Waals surface area (Å²) in [5, 5.41) is 2.82. The molecule has 0 aromatic heterocycles. The maximum atomic E-state index is 12.1. The van der Waals surface area contributed by atoms with Crippen molar-refractivity contribution in [1.29, 1.82) is 0 Å². The summed E-state index contributed by atoms with van der Waals surface area (Å²) in [7, 11) is 1.34. The van der Waals surface area contributed by atoms with E-state index in [2.05, 4.69) is 5.32 Å². The Labute approximate surface area is 127 Å². The molecule has 20 heavy (non-hydrogen) atoms. The van der Waals surface area contributed by atoms with Crippen LogP contribution < -0.4 is 11.1 Å². The Kier molecular flexibility index (Phi) is 8.13. The minimum absolute atomic E-state index is 0. The second-order valence-electron chi connectivity index (χ2n) is 5.68. The Balaban J connectivity index is 0.00000361. The standard InChI is InChI=1S/C14H26N2O3.ClH/c1-4-8-14(2,13(18)19-3)16-12(17)9-10-6-5-7-11(10)15;/h10-11H,4-9,15H2,1-3H3,(H,16,17);1H/t10-,11+,14?;/m0./s1. The highest BCUT2D eigenvalue weighted by atomic mass is 35.5. The van der Waals surface area contributed by atoms with Crippen molar-refractivity contribution in [3.63, 3.8) is 0 Å². The average molecular weight is 307 g/mol. The number of amides is 1. The highest BCUT2D eigenvalue weighted by Gasteiger charge is 2.36. The molecule has 5 nitrogen and oxygen atoms in total. The van der Waals surface area contributed by atoms with Gasteiger partial charge in [0.1, 0.15) is 5.54 Å². The predicted molar refractivity (Wildman–Crippen MR) is 80.7 cm³/mol. The van der Waals surface area contributed by atoms with Crippen LogP contribution in [0.5, 0.6) is 0 Å². The zero-order valence-corrected chi connectivity index (χ0v) is 13.4. The molecular formula is C14H27ClN2O3. The molecule has 1 amide bonds. The fraction of sp³-hybridized carbons (Fsp3) is 0.857. The molecule has 6 heteroatoms. The fourth-order valence-corrected chi connectivity index (χ4v) is 2.86. The molecule has 1 unspecified atom stereocenters. The van der Waals surface area contributed by atoms with E-state index in [0.717, 1.165) is 25.7 Å². The number of hydrogen-bond acceptors (Lipinski definition) is 4. The summed E-state index contributed by atoms with van der Waals surface area (Å²) in [4.78, 5) is 23.9. The molecule has 0 spiro atoms. The topological polar surface area (TPSA) is 81.4 Å². The average Bonchev–Trinajstić information content (AvgIpc) is 2.74. The molecule has 1 rings (SSSR count). The first-order valence-corrected chi connectivity index (χ1v) is 7.08. The first kappa shape index (κ1) is 19.2. The van der Waals surface area contributed by atoms with Crippen molar-refractivity contribution >= 4 is 24.3 Å². The van der Waals surface area contributed by atoms with Crippen molar-refractivity contribution in [3.8, 4) is 0 Å². The van der Waals surface area contributed by atoms with E-state index in [1.54, 1.807) is 6.92 Å². The SMILES string of the molecule is CCCC(C)(NC(=O)C[C@@H]1CCC[C@H]1N)C(=O)OC.Cl. The Morgan fingerprint density at radius 3 is 2.50 bits per heavy atom. The summed E-state index contributed by atoms with van der Waals surface area (Å²) in [6, 6.07) is 0.112. The van der Waals surface area contributed by atoms with Crippen LogP contribution in [-0.2, 0) is 14.3 Å². The van der Waals surface area contributed by atoms with Crippen LogP contribution in [0, 0.1) is 5.92 Å². The number of rotatable bonds is 6. The van der Waals surface area contributed by atoms with Gasteiger partial charge < -0.3 is 15.8 Å². The molecule has 1 aliphatic carbocycles. The van der Waals surface area contributed by atoms with Crippen LogP contribution in [0.1, 0.15) is 52.4 Å². The van der Waals surface area contributed by atoms with Crippen LogP contribution in [-0.4, -0.2) is 30.6 Å². The van der Waals surface area contributed by atoms with Crippen molar-refractivity contribution < 1.29 is 14.3 Å². The molecule has 0 bridgehead atoms. The van der Waals surface area contributed by atoms with Crippen LogP contribution in [0.25, 0.3) is 0 Å². The second kappa shape index (κ2) is 8.47. The third kappa shape index (κ3) is 4.94. The number of methoxy groups -OCH3 is 1.